The van der Waals surface area contributed by atoms with Crippen LogP contribution in [0.2, 0.25) is 0 Å². The van der Waals surface area contributed by atoms with E-state index in [0.29, 0.717) is 16.9 Å². The summed E-state index contributed by atoms with van der Waals surface area (Å²) in [6.45, 7) is 3.20. The second-order valence-corrected chi connectivity index (χ2v) is 5.81. The lowest BCUT2D eigenvalue weighted by atomic mass is 9.99. The van der Waals surface area contributed by atoms with Gasteiger partial charge in [0.2, 0.25) is 5.91 Å². The average molecular weight is 323 g/mol. The van der Waals surface area contributed by atoms with Crippen LogP contribution in [0.25, 0.3) is 0 Å². The fraction of sp³-hybridized carbons (Fsp3) is 0.211. The molecule has 1 atom stereocenters. The summed E-state index contributed by atoms with van der Waals surface area (Å²) in [5.41, 5.74) is 2.69. The van der Waals surface area contributed by atoms with Gasteiger partial charge in [0.05, 0.1) is 5.92 Å². The van der Waals surface area contributed by atoms with E-state index in [1.165, 1.54) is 6.92 Å². The maximum Gasteiger partial charge on any atom is 0.231 e. The maximum absolute atomic E-state index is 12.3. The largest absolute Gasteiger partial charge is 0.485 e. The lowest BCUT2D eigenvalue weighted by molar-refractivity contribution is -0.116. The van der Waals surface area contributed by atoms with Crippen LogP contribution in [-0.4, -0.2) is 24.1 Å². The molecule has 0 bridgehead atoms. The second-order valence-electron chi connectivity index (χ2n) is 5.81. The van der Waals surface area contributed by atoms with Crippen molar-refractivity contribution in [2.45, 2.75) is 19.8 Å². The number of fused-ring (bicyclic) bond motifs is 1. The average Bonchev–Trinajstić information content (AvgIpc) is 2.87. The Hall–Kier alpha value is -2.95. The Labute approximate surface area is 139 Å². The van der Waals surface area contributed by atoms with Gasteiger partial charge in [-0.15, -0.1) is 0 Å². The van der Waals surface area contributed by atoms with Gasteiger partial charge in [0.1, 0.15) is 5.75 Å². The SMILES string of the molecule is CC(=O)c1ccc(OCC(=O)c2ccc3c(c2)[C@@H](C)C(=O)N3)cc1. The normalized spacial score (nSPS) is 15.6. The summed E-state index contributed by atoms with van der Waals surface area (Å²) in [6.07, 6.45) is 0. The van der Waals surface area contributed by atoms with E-state index in [1.54, 1.807) is 42.5 Å². The minimum atomic E-state index is -0.257. The highest BCUT2D eigenvalue weighted by atomic mass is 16.5. The molecule has 3 rings (SSSR count). The number of anilines is 1. The van der Waals surface area contributed by atoms with Crippen molar-refractivity contribution in [1.82, 2.24) is 0 Å². The summed E-state index contributed by atoms with van der Waals surface area (Å²) in [6, 6.07) is 11.8. The van der Waals surface area contributed by atoms with Crippen LogP contribution in [0.15, 0.2) is 42.5 Å². The number of amides is 1. The third-order valence-electron chi connectivity index (χ3n) is 4.12. The van der Waals surface area contributed by atoms with Gasteiger partial charge in [-0.1, -0.05) is 0 Å². The summed E-state index contributed by atoms with van der Waals surface area (Å²) in [5, 5.41) is 2.78. The first-order valence-corrected chi connectivity index (χ1v) is 7.67. The molecule has 0 spiro atoms. The molecule has 0 unspecified atom stereocenters. The van der Waals surface area contributed by atoms with E-state index >= 15 is 0 Å². The Morgan fingerprint density at radius 1 is 1.08 bits per heavy atom. The quantitative estimate of drug-likeness (QED) is 0.858. The second kappa shape index (κ2) is 6.28. The van der Waals surface area contributed by atoms with Crippen molar-refractivity contribution in [3.05, 3.63) is 59.2 Å². The maximum atomic E-state index is 12.3. The van der Waals surface area contributed by atoms with Gasteiger partial charge in [-0.2, -0.15) is 0 Å². The van der Waals surface area contributed by atoms with Crippen LogP contribution < -0.4 is 10.1 Å². The summed E-state index contributed by atoms with van der Waals surface area (Å²) in [4.78, 5) is 35.2. The molecule has 0 saturated carbocycles. The molecule has 1 heterocycles. The number of carbonyl (C=O) groups excluding carboxylic acids is 3. The molecule has 2 aromatic carbocycles. The van der Waals surface area contributed by atoms with Gasteiger partial charge in [-0.3, -0.25) is 14.4 Å². The van der Waals surface area contributed by atoms with Gasteiger partial charge < -0.3 is 10.1 Å². The molecule has 0 radical (unpaired) electrons. The first-order valence-electron chi connectivity index (χ1n) is 7.67. The molecule has 5 heteroatoms. The van der Waals surface area contributed by atoms with Gasteiger partial charge in [0, 0.05) is 16.8 Å². The highest BCUT2D eigenvalue weighted by molar-refractivity contribution is 6.05. The Kier molecular flexibility index (Phi) is 4.16. The fourth-order valence-electron chi connectivity index (χ4n) is 2.61. The topological polar surface area (TPSA) is 72.5 Å². The van der Waals surface area contributed by atoms with Gasteiger partial charge in [0.25, 0.3) is 0 Å². The van der Waals surface area contributed by atoms with Gasteiger partial charge in [0.15, 0.2) is 18.2 Å². The van der Waals surface area contributed by atoms with Crippen LogP contribution in [-0.2, 0) is 4.79 Å². The number of ketones is 2. The molecule has 0 saturated heterocycles. The van der Waals surface area contributed by atoms with Gasteiger partial charge in [-0.25, -0.2) is 0 Å². The van der Waals surface area contributed by atoms with Gasteiger partial charge >= 0.3 is 0 Å². The van der Waals surface area contributed by atoms with Crippen molar-refractivity contribution < 1.29 is 19.1 Å². The molecule has 24 heavy (non-hydrogen) atoms. The number of nitrogens with one attached hydrogen (secondary N) is 1. The molecule has 1 amide bonds. The molecule has 2 aromatic rings. The monoisotopic (exact) mass is 323 g/mol. The summed E-state index contributed by atoms with van der Waals surface area (Å²) in [7, 11) is 0. The molecule has 122 valence electrons. The van der Waals surface area contributed by atoms with E-state index in [0.717, 1.165) is 11.3 Å². The van der Waals surface area contributed by atoms with E-state index in [2.05, 4.69) is 5.32 Å². The molecule has 1 N–H and O–H groups in total. The molecular formula is C19H17NO4. The molecular weight excluding hydrogens is 306 g/mol. The van der Waals surface area contributed by atoms with Gasteiger partial charge in [-0.05, 0) is 61.9 Å². The standard InChI is InChI=1S/C19H17NO4/c1-11-16-9-14(5-8-17(16)20-19(11)23)18(22)10-24-15-6-3-13(4-7-15)12(2)21/h3-9,11H,10H2,1-2H3,(H,20,23)/t11-/m1/s1. The van der Waals surface area contributed by atoms with Crippen molar-refractivity contribution >= 4 is 23.2 Å². The van der Waals surface area contributed by atoms with Crippen molar-refractivity contribution in [2.24, 2.45) is 0 Å². The van der Waals surface area contributed by atoms with E-state index in [1.807, 2.05) is 6.92 Å². The van der Waals surface area contributed by atoms with Crippen LogP contribution in [0, 0.1) is 0 Å². The minimum Gasteiger partial charge on any atom is -0.485 e. The third kappa shape index (κ3) is 3.06. The van der Waals surface area contributed by atoms with Crippen LogP contribution in [0.5, 0.6) is 5.75 Å². The minimum absolute atomic E-state index is 0.0203. The van der Waals surface area contributed by atoms with Crippen molar-refractivity contribution in [3.8, 4) is 5.75 Å². The van der Waals surface area contributed by atoms with Crippen LogP contribution in [0.3, 0.4) is 0 Å². The molecule has 0 aromatic heterocycles. The van der Waals surface area contributed by atoms with Crippen LogP contribution in [0.1, 0.15) is 46.0 Å². The molecule has 0 fully saturated rings. The number of benzene rings is 2. The number of ether oxygens (including phenoxy) is 1. The predicted molar refractivity (Wildman–Crippen MR) is 89.8 cm³/mol. The highest BCUT2D eigenvalue weighted by Crippen LogP contribution is 2.32. The smallest absolute Gasteiger partial charge is 0.231 e. The fourth-order valence-corrected chi connectivity index (χ4v) is 2.61. The molecule has 1 aliphatic heterocycles. The number of hydrogen-bond donors (Lipinski definition) is 1. The predicted octanol–water partition coefficient (Wildman–Crippen LogP) is 3.21. The van der Waals surface area contributed by atoms with Crippen molar-refractivity contribution in [3.63, 3.8) is 0 Å². The van der Waals surface area contributed by atoms with E-state index in [-0.39, 0.29) is 30.0 Å². The zero-order chi connectivity index (χ0) is 17.3. The van der Waals surface area contributed by atoms with Crippen molar-refractivity contribution in [1.29, 1.82) is 0 Å². The zero-order valence-corrected chi connectivity index (χ0v) is 13.5. The number of Topliss-reactive ketones (excluding diaryl/α,β-unsaturated/α-hetero) is 2. The van der Waals surface area contributed by atoms with E-state index in [9.17, 15) is 14.4 Å². The van der Waals surface area contributed by atoms with E-state index < -0.39 is 0 Å². The number of rotatable bonds is 5. The number of hydrogen-bond acceptors (Lipinski definition) is 4. The first-order chi connectivity index (χ1) is 11.5. The molecule has 1 aliphatic rings. The zero-order valence-electron chi connectivity index (χ0n) is 13.5. The highest BCUT2D eigenvalue weighted by Gasteiger charge is 2.27. The first kappa shape index (κ1) is 15.9. The Bertz CT molecular complexity index is 824. The Balaban J connectivity index is 1.68. The summed E-state index contributed by atoms with van der Waals surface area (Å²) in [5.74, 6) is 0.0250. The lowest BCUT2D eigenvalue weighted by Gasteiger charge is -2.08. The lowest BCUT2D eigenvalue weighted by Crippen LogP contribution is -2.12. The molecule has 5 nitrogen and oxygen atoms in total. The van der Waals surface area contributed by atoms with Crippen LogP contribution >= 0.6 is 0 Å². The number of carbonyl (C=O) groups is 3. The van der Waals surface area contributed by atoms with E-state index in [4.69, 9.17) is 4.74 Å². The Morgan fingerprint density at radius 2 is 1.75 bits per heavy atom. The summed E-state index contributed by atoms with van der Waals surface area (Å²) >= 11 is 0. The Morgan fingerprint density at radius 3 is 2.42 bits per heavy atom. The third-order valence-corrected chi connectivity index (χ3v) is 4.12. The molecule has 0 aliphatic carbocycles. The summed E-state index contributed by atoms with van der Waals surface area (Å²) < 4.78 is 5.48. The van der Waals surface area contributed by atoms with Crippen LogP contribution in [0.4, 0.5) is 5.69 Å². The van der Waals surface area contributed by atoms with Crippen molar-refractivity contribution in [2.75, 3.05) is 11.9 Å².